The first-order valence-electron chi connectivity index (χ1n) is 17.6. The fourth-order valence-corrected chi connectivity index (χ4v) is 12.4. The summed E-state index contributed by atoms with van der Waals surface area (Å²) in [5, 5.41) is 0. The molecule has 0 aromatic carbocycles. The lowest BCUT2D eigenvalue weighted by molar-refractivity contribution is -0.474. The second-order valence-corrected chi connectivity index (χ2v) is 16.3. The molecular weight excluding hydrogens is 680 g/mol. The van der Waals surface area contributed by atoms with Gasteiger partial charge in [-0.25, -0.2) is 9.59 Å². The smallest absolute Gasteiger partial charge is 0.333 e. The molecule has 280 valence electrons. The van der Waals surface area contributed by atoms with Crippen LogP contribution in [0, 0.1) is 22.2 Å². The molecule has 0 N–H and O–H groups in total. The van der Waals surface area contributed by atoms with Crippen molar-refractivity contribution in [3.63, 3.8) is 0 Å². The topological polar surface area (TPSA) is 172 Å². The summed E-state index contributed by atoms with van der Waals surface area (Å²) < 4.78 is 57.7. The molecule has 3 aliphatic heterocycles. The normalized spacial score (nSPS) is 47.5. The first kappa shape index (κ1) is 35.0. The van der Waals surface area contributed by atoms with Crippen molar-refractivity contribution in [1.29, 1.82) is 0 Å². The van der Waals surface area contributed by atoms with Crippen molar-refractivity contribution in [2.24, 2.45) is 22.2 Å². The molecule has 14 nitrogen and oxygen atoms in total. The number of furan rings is 1. The van der Waals surface area contributed by atoms with Crippen LogP contribution in [0.5, 0.6) is 0 Å². The maximum absolute atomic E-state index is 13.9. The quantitative estimate of drug-likeness (QED) is 0.221. The van der Waals surface area contributed by atoms with Crippen molar-refractivity contribution < 1.29 is 66.3 Å². The lowest BCUT2D eigenvalue weighted by atomic mass is 9.34. The molecule has 8 rings (SSSR count). The van der Waals surface area contributed by atoms with Crippen LogP contribution in [0.3, 0.4) is 0 Å². The number of esters is 5. The van der Waals surface area contributed by atoms with E-state index in [0.717, 1.165) is 0 Å². The number of rotatable bonds is 7. The molecule has 14 heteroatoms. The maximum Gasteiger partial charge on any atom is 0.333 e. The molecule has 2 saturated heterocycles. The van der Waals surface area contributed by atoms with Gasteiger partial charge in [0.2, 0.25) is 5.60 Å². The zero-order valence-corrected chi connectivity index (χ0v) is 30.7. The third kappa shape index (κ3) is 3.59. The van der Waals surface area contributed by atoms with Gasteiger partial charge in [0.05, 0.1) is 19.6 Å². The Morgan fingerprint density at radius 2 is 1.65 bits per heavy atom. The standard InChI is InChI=1S/C38H44O14/c1-10-19(2)28(43)48-29-32(6)18-36-33(7,23(32)15-25(41)44-9)35-13-12-31(5)24(16-26(42)47-27(31)22-11-14-45-17-22)37(35,52-34(8,50-35)51-36)30(46-20(3)39)38(29,36)49-21(4)40/h10-11,14,16-17,23,27,29-30H,12-13,15,18H2,1-9H3/b19-10+/t23-,27-,29-,30-,31+,32+,33-,34+,35-,36+,37+,38-/m0/s1. The molecule has 6 fully saturated rings. The van der Waals surface area contributed by atoms with E-state index in [2.05, 4.69) is 0 Å². The number of hydrogen-bond donors (Lipinski definition) is 0. The number of hydrogen-bond acceptors (Lipinski definition) is 14. The molecule has 4 heterocycles. The highest BCUT2D eigenvalue weighted by molar-refractivity contribution is 5.88. The van der Waals surface area contributed by atoms with Crippen molar-refractivity contribution in [2.75, 3.05) is 7.11 Å². The molecular formula is C38H44O14. The van der Waals surface area contributed by atoms with Crippen molar-refractivity contribution in [1.82, 2.24) is 0 Å². The minimum absolute atomic E-state index is 0.0895. The van der Waals surface area contributed by atoms with Crippen molar-refractivity contribution in [3.8, 4) is 0 Å². The van der Waals surface area contributed by atoms with E-state index in [1.807, 2.05) is 20.8 Å². The lowest BCUT2D eigenvalue weighted by Gasteiger charge is -2.76. The number of cyclic esters (lactones) is 1. The maximum atomic E-state index is 13.9. The van der Waals surface area contributed by atoms with Gasteiger partial charge in [-0.15, -0.1) is 0 Å². The second kappa shape index (κ2) is 10.4. The third-order valence-corrected chi connectivity index (χ3v) is 14.0. The number of methoxy groups -OCH3 is 1. The predicted molar refractivity (Wildman–Crippen MR) is 173 cm³/mol. The monoisotopic (exact) mass is 724 g/mol. The number of fused-ring (bicyclic) bond motifs is 3. The first-order chi connectivity index (χ1) is 24.3. The third-order valence-electron chi connectivity index (χ3n) is 14.0. The number of allylic oxidation sites excluding steroid dienone is 1. The Labute approximate surface area is 300 Å². The van der Waals surface area contributed by atoms with Crippen LogP contribution >= 0.6 is 0 Å². The molecule has 1 aromatic heterocycles. The fourth-order valence-electron chi connectivity index (χ4n) is 12.4. The van der Waals surface area contributed by atoms with Gasteiger partial charge in [-0.1, -0.05) is 26.8 Å². The van der Waals surface area contributed by atoms with Gasteiger partial charge >= 0.3 is 29.8 Å². The number of carbonyl (C=O) groups is 5. The summed E-state index contributed by atoms with van der Waals surface area (Å²) in [5.74, 6) is -6.05. The van der Waals surface area contributed by atoms with Gasteiger partial charge in [0, 0.05) is 60.6 Å². The summed E-state index contributed by atoms with van der Waals surface area (Å²) in [6, 6.07) is 1.71. The Kier molecular flexibility index (Phi) is 6.98. The minimum atomic E-state index is -2.10. The summed E-state index contributed by atoms with van der Waals surface area (Å²) in [7, 11) is 1.29. The molecule has 0 unspecified atom stereocenters. The van der Waals surface area contributed by atoms with Crippen LogP contribution in [0.25, 0.3) is 0 Å². The molecule has 1 aromatic rings. The van der Waals surface area contributed by atoms with Gasteiger partial charge in [0.25, 0.3) is 5.97 Å². The van der Waals surface area contributed by atoms with E-state index in [9.17, 15) is 24.0 Å². The summed E-state index contributed by atoms with van der Waals surface area (Å²) in [4.78, 5) is 68.4. The second-order valence-electron chi connectivity index (χ2n) is 16.3. The largest absolute Gasteiger partial charge is 0.472 e. The van der Waals surface area contributed by atoms with Gasteiger partial charge in [-0.2, -0.15) is 0 Å². The summed E-state index contributed by atoms with van der Waals surface area (Å²) in [6.07, 6.45) is 2.61. The van der Waals surface area contributed by atoms with Crippen LogP contribution < -0.4 is 0 Å². The van der Waals surface area contributed by atoms with E-state index >= 15 is 0 Å². The van der Waals surface area contributed by atoms with E-state index in [0.29, 0.717) is 17.6 Å². The molecule has 0 amide bonds. The average Bonchev–Trinajstić information content (AvgIpc) is 3.77. The van der Waals surface area contributed by atoms with E-state index in [1.54, 1.807) is 32.9 Å². The van der Waals surface area contributed by atoms with Gasteiger partial charge in [0.1, 0.15) is 17.3 Å². The van der Waals surface area contributed by atoms with Crippen molar-refractivity contribution >= 4 is 29.8 Å². The van der Waals surface area contributed by atoms with Gasteiger partial charge in [-0.05, 0) is 50.7 Å². The Hall–Kier alpha value is -4.01. The van der Waals surface area contributed by atoms with Gasteiger partial charge in [0.15, 0.2) is 17.8 Å². The van der Waals surface area contributed by atoms with E-state index in [-0.39, 0.29) is 24.8 Å². The van der Waals surface area contributed by atoms with Gasteiger partial charge in [-0.3, -0.25) is 14.4 Å². The SMILES string of the molecule is C/C=C(\C)C(=O)O[C@H]1[C@]2(C)C[C@]34O[C@@]5(C)O[C@@]6(CC[C@]7(C)C(=CC(=O)O[C@H]7c7ccoc7)[C@@]6(O5)[C@H](OC(C)=O)[C@@]13OC(C)=O)[C@]4(C)[C@H]2CC(=O)OC. The van der Waals surface area contributed by atoms with E-state index in [1.165, 1.54) is 39.6 Å². The number of ether oxygens (including phenoxy) is 8. The summed E-state index contributed by atoms with van der Waals surface area (Å²) in [5.41, 5.74) is -9.45. The Balaban J connectivity index is 1.51. The summed E-state index contributed by atoms with van der Waals surface area (Å²) in [6.45, 7) is 13.0. The van der Waals surface area contributed by atoms with Crippen LogP contribution in [0.15, 0.2) is 46.3 Å². The highest BCUT2D eigenvalue weighted by Crippen LogP contribution is 2.90. The van der Waals surface area contributed by atoms with E-state index in [4.69, 9.17) is 42.3 Å². The summed E-state index contributed by atoms with van der Waals surface area (Å²) >= 11 is 0. The Morgan fingerprint density at radius 1 is 0.942 bits per heavy atom. The average molecular weight is 725 g/mol. The minimum Gasteiger partial charge on any atom is -0.472 e. The molecule has 52 heavy (non-hydrogen) atoms. The first-order valence-corrected chi connectivity index (χ1v) is 17.6. The van der Waals surface area contributed by atoms with Crippen molar-refractivity contribution in [3.05, 3.63) is 47.5 Å². The van der Waals surface area contributed by atoms with Crippen molar-refractivity contribution in [2.45, 2.75) is 128 Å². The zero-order valence-electron chi connectivity index (χ0n) is 30.7. The molecule has 4 saturated carbocycles. The Morgan fingerprint density at radius 3 is 2.27 bits per heavy atom. The fraction of sp³-hybridized carbons (Fsp3) is 0.658. The van der Waals surface area contributed by atoms with Crippen LogP contribution in [-0.4, -0.2) is 77.5 Å². The molecule has 12 atom stereocenters. The van der Waals surface area contributed by atoms with Crippen LogP contribution in [-0.2, 0) is 61.9 Å². The van der Waals surface area contributed by atoms with E-state index < -0.39 is 98.7 Å². The lowest BCUT2D eigenvalue weighted by Crippen LogP contribution is -2.93. The molecule has 7 aliphatic rings. The highest BCUT2D eigenvalue weighted by atomic mass is 16.9. The van der Waals surface area contributed by atoms with Gasteiger partial charge < -0.3 is 42.3 Å². The van der Waals surface area contributed by atoms with Crippen LogP contribution in [0.2, 0.25) is 0 Å². The van der Waals surface area contributed by atoms with Crippen LogP contribution in [0.1, 0.15) is 92.7 Å². The molecule has 2 spiro atoms. The Bertz CT molecular complexity index is 1880. The van der Waals surface area contributed by atoms with Crippen LogP contribution in [0.4, 0.5) is 0 Å². The predicted octanol–water partition coefficient (Wildman–Crippen LogP) is 4.31. The number of carbonyl (C=O) groups excluding carboxylic acids is 5. The zero-order chi connectivity index (χ0) is 37.7. The molecule has 0 radical (unpaired) electrons. The molecule has 4 bridgehead atoms. The highest BCUT2D eigenvalue weighted by Gasteiger charge is 3.04. The molecule has 4 aliphatic carbocycles.